The van der Waals surface area contributed by atoms with Crippen molar-refractivity contribution in [3.63, 3.8) is 0 Å². The van der Waals surface area contributed by atoms with Crippen LogP contribution in [0, 0.1) is 0 Å². The van der Waals surface area contributed by atoms with Gasteiger partial charge in [0.1, 0.15) is 0 Å². The number of hydrogen-bond acceptors (Lipinski definition) is 2. The van der Waals surface area contributed by atoms with Crippen LogP contribution in [0.25, 0.3) is 0 Å². The third-order valence-corrected chi connectivity index (χ3v) is 3.70. The molecule has 0 saturated heterocycles. The number of rotatable bonds is 6. The molecular weight excluding hydrogens is 220 g/mol. The van der Waals surface area contributed by atoms with Gasteiger partial charge in [0, 0.05) is 5.54 Å². The molecule has 1 aliphatic carbocycles. The Labute approximate surface area is 111 Å². The molecule has 0 aromatic heterocycles. The lowest BCUT2D eigenvalue weighted by molar-refractivity contribution is 0.456. The van der Waals surface area contributed by atoms with Gasteiger partial charge in [-0.25, -0.2) is 0 Å². The number of fused-ring (bicyclic) bond motifs is 1. The lowest BCUT2D eigenvalue weighted by Crippen LogP contribution is -2.36. The van der Waals surface area contributed by atoms with Crippen molar-refractivity contribution in [1.82, 2.24) is 5.32 Å². The monoisotopic (exact) mass is 246 g/mol. The molecule has 0 bridgehead atoms. The highest BCUT2D eigenvalue weighted by molar-refractivity contribution is 5.35. The summed E-state index contributed by atoms with van der Waals surface area (Å²) in [5.41, 5.74) is 10.5. The summed E-state index contributed by atoms with van der Waals surface area (Å²) in [5, 5.41) is 3.48. The minimum Gasteiger partial charge on any atom is -0.326 e. The zero-order chi connectivity index (χ0) is 13.0. The van der Waals surface area contributed by atoms with Crippen molar-refractivity contribution >= 4 is 0 Å². The van der Waals surface area contributed by atoms with Crippen LogP contribution in [-0.2, 0) is 19.3 Å². The van der Waals surface area contributed by atoms with E-state index in [9.17, 15) is 0 Å². The van der Waals surface area contributed by atoms with Crippen LogP contribution < -0.4 is 11.1 Å². The summed E-state index contributed by atoms with van der Waals surface area (Å²) in [7, 11) is 0. The van der Waals surface area contributed by atoms with Crippen molar-refractivity contribution in [1.29, 1.82) is 0 Å². The van der Waals surface area contributed by atoms with E-state index in [0.29, 0.717) is 0 Å². The van der Waals surface area contributed by atoms with Gasteiger partial charge < -0.3 is 11.1 Å². The summed E-state index contributed by atoms with van der Waals surface area (Å²) in [6, 6.07) is 7.01. The van der Waals surface area contributed by atoms with E-state index in [-0.39, 0.29) is 5.54 Å². The van der Waals surface area contributed by atoms with Crippen molar-refractivity contribution in [2.24, 2.45) is 5.73 Å². The number of nitrogens with one attached hydrogen (secondary N) is 1. The highest BCUT2D eigenvalue weighted by Gasteiger charge is 2.11. The fourth-order valence-corrected chi connectivity index (χ4v) is 2.55. The predicted octanol–water partition coefficient (Wildman–Crippen LogP) is 2.43. The van der Waals surface area contributed by atoms with Gasteiger partial charge in [-0.15, -0.1) is 0 Å². The third-order valence-electron chi connectivity index (χ3n) is 3.70. The van der Waals surface area contributed by atoms with Crippen LogP contribution in [0.15, 0.2) is 18.2 Å². The Morgan fingerprint density at radius 2 is 1.94 bits per heavy atom. The normalized spacial score (nSPS) is 14.8. The third kappa shape index (κ3) is 4.11. The van der Waals surface area contributed by atoms with Gasteiger partial charge in [-0.1, -0.05) is 18.2 Å². The maximum atomic E-state index is 5.95. The lowest BCUT2D eigenvalue weighted by atomic mass is 10.0. The van der Waals surface area contributed by atoms with Crippen LogP contribution in [0.4, 0.5) is 0 Å². The minimum absolute atomic E-state index is 0.0550. The van der Waals surface area contributed by atoms with Crippen LogP contribution >= 0.6 is 0 Å². The summed E-state index contributed by atoms with van der Waals surface area (Å²) in [5.74, 6) is 0. The first-order valence-electron chi connectivity index (χ1n) is 7.15. The molecule has 0 unspecified atom stereocenters. The average Bonchev–Trinajstić information content (AvgIpc) is 2.74. The number of hydrogen-bond donors (Lipinski definition) is 2. The Bertz CT molecular complexity index is 391. The second-order valence-corrected chi connectivity index (χ2v) is 6.20. The standard InChI is InChI=1S/C16H26N2/c1-16(2,17)9-11-18-10-8-13-6-7-14-4-3-5-15(14)12-13/h6-7,12,18H,3-5,8-11,17H2,1-2H3. The zero-order valence-corrected chi connectivity index (χ0v) is 11.8. The maximum Gasteiger partial charge on any atom is 0.0109 e. The molecule has 0 atom stereocenters. The van der Waals surface area contributed by atoms with Gasteiger partial charge in [0.2, 0.25) is 0 Å². The molecule has 0 amide bonds. The van der Waals surface area contributed by atoms with E-state index in [0.717, 1.165) is 25.9 Å². The summed E-state index contributed by atoms with van der Waals surface area (Å²) >= 11 is 0. The van der Waals surface area contributed by atoms with E-state index < -0.39 is 0 Å². The van der Waals surface area contributed by atoms with Gasteiger partial charge in [-0.3, -0.25) is 0 Å². The van der Waals surface area contributed by atoms with Gasteiger partial charge in [0.25, 0.3) is 0 Å². The fraction of sp³-hybridized carbons (Fsp3) is 0.625. The Balaban J connectivity index is 1.71. The molecule has 18 heavy (non-hydrogen) atoms. The zero-order valence-electron chi connectivity index (χ0n) is 11.8. The van der Waals surface area contributed by atoms with Crippen molar-refractivity contribution in [2.75, 3.05) is 13.1 Å². The summed E-state index contributed by atoms with van der Waals surface area (Å²) in [4.78, 5) is 0. The van der Waals surface area contributed by atoms with Crippen molar-refractivity contribution in [3.05, 3.63) is 34.9 Å². The van der Waals surface area contributed by atoms with Gasteiger partial charge in [-0.2, -0.15) is 0 Å². The Morgan fingerprint density at radius 3 is 2.72 bits per heavy atom. The Kier molecular flexibility index (Phi) is 4.41. The van der Waals surface area contributed by atoms with Crippen LogP contribution in [0.5, 0.6) is 0 Å². The largest absolute Gasteiger partial charge is 0.326 e. The molecular formula is C16H26N2. The molecule has 1 aromatic rings. The summed E-state index contributed by atoms with van der Waals surface area (Å²) in [6.45, 7) is 6.22. The molecule has 0 spiro atoms. The van der Waals surface area contributed by atoms with Gasteiger partial charge in [0.15, 0.2) is 0 Å². The van der Waals surface area contributed by atoms with Crippen LogP contribution in [0.3, 0.4) is 0 Å². The molecule has 2 rings (SSSR count). The fourth-order valence-electron chi connectivity index (χ4n) is 2.55. The molecule has 100 valence electrons. The van der Waals surface area contributed by atoms with Crippen molar-refractivity contribution in [2.45, 2.75) is 51.5 Å². The summed E-state index contributed by atoms with van der Waals surface area (Å²) < 4.78 is 0. The van der Waals surface area contributed by atoms with Gasteiger partial charge in [-0.05, 0) is 75.7 Å². The second kappa shape index (κ2) is 5.85. The highest BCUT2D eigenvalue weighted by atomic mass is 14.9. The highest BCUT2D eigenvalue weighted by Crippen LogP contribution is 2.22. The topological polar surface area (TPSA) is 38.0 Å². The first-order valence-corrected chi connectivity index (χ1v) is 7.15. The second-order valence-electron chi connectivity index (χ2n) is 6.20. The lowest BCUT2D eigenvalue weighted by Gasteiger charge is -2.18. The van der Waals surface area contributed by atoms with E-state index in [1.807, 2.05) is 0 Å². The first kappa shape index (κ1) is 13.6. The SMILES string of the molecule is CC(C)(N)CCNCCc1ccc2c(c1)CCC2. The Hall–Kier alpha value is -0.860. The minimum atomic E-state index is -0.0550. The van der Waals surface area contributed by atoms with Gasteiger partial charge >= 0.3 is 0 Å². The summed E-state index contributed by atoms with van der Waals surface area (Å²) in [6.07, 6.45) is 6.04. The van der Waals surface area contributed by atoms with E-state index in [2.05, 4.69) is 37.4 Å². The number of benzene rings is 1. The van der Waals surface area contributed by atoms with Crippen molar-refractivity contribution in [3.8, 4) is 0 Å². The van der Waals surface area contributed by atoms with Crippen LogP contribution in [-0.4, -0.2) is 18.6 Å². The molecule has 0 fully saturated rings. The van der Waals surface area contributed by atoms with E-state index in [1.54, 1.807) is 11.1 Å². The maximum absolute atomic E-state index is 5.95. The quantitative estimate of drug-likeness (QED) is 0.757. The molecule has 3 N–H and O–H groups in total. The predicted molar refractivity (Wildman–Crippen MR) is 77.9 cm³/mol. The van der Waals surface area contributed by atoms with Gasteiger partial charge in [0.05, 0.1) is 0 Å². The molecule has 0 radical (unpaired) electrons. The van der Waals surface area contributed by atoms with Crippen LogP contribution in [0.2, 0.25) is 0 Å². The van der Waals surface area contributed by atoms with E-state index in [1.165, 1.54) is 24.8 Å². The van der Waals surface area contributed by atoms with E-state index >= 15 is 0 Å². The van der Waals surface area contributed by atoms with E-state index in [4.69, 9.17) is 5.73 Å². The molecule has 2 nitrogen and oxygen atoms in total. The smallest absolute Gasteiger partial charge is 0.0109 e. The number of nitrogens with two attached hydrogens (primary N) is 1. The molecule has 1 aromatic carbocycles. The average molecular weight is 246 g/mol. The molecule has 0 aliphatic heterocycles. The molecule has 0 heterocycles. The molecule has 1 aliphatic rings. The van der Waals surface area contributed by atoms with Crippen LogP contribution in [0.1, 0.15) is 43.4 Å². The van der Waals surface area contributed by atoms with Crippen molar-refractivity contribution < 1.29 is 0 Å². The number of aryl methyl sites for hydroxylation is 2. The Morgan fingerprint density at radius 1 is 1.17 bits per heavy atom. The molecule has 2 heteroatoms. The molecule has 0 saturated carbocycles. The first-order chi connectivity index (χ1) is 8.54.